The van der Waals surface area contributed by atoms with E-state index in [9.17, 15) is 5.11 Å². The molecule has 18 heavy (non-hydrogen) atoms. The second kappa shape index (κ2) is 4.53. The number of aromatic hydroxyl groups is 1. The van der Waals surface area contributed by atoms with E-state index >= 15 is 0 Å². The summed E-state index contributed by atoms with van der Waals surface area (Å²) in [6, 6.07) is 2.09. The highest BCUT2D eigenvalue weighted by Crippen LogP contribution is 2.47. The first-order chi connectivity index (χ1) is 8.62. The van der Waals surface area contributed by atoms with Gasteiger partial charge in [0.25, 0.3) is 0 Å². The molecule has 98 valence electrons. The van der Waals surface area contributed by atoms with Crippen molar-refractivity contribution in [3.63, 3.8) is 0 Å². The Labute approximate surface area is 117 Å². The normalized spacial score (nSPS) is 21.9. The minimum atomic E-state index is -0.296. The maximum absolute atomic E-state index is 10.5. The fourth-order valence-corrected chi connectivity index (χ4v) is 4.12. The standard InChI is InChI=1S/C15H20BrNO/c16-12-9-10-5-1-2-6-11(10)13(14(12)18)15(17)7-3-4-8-15/h9,18H,1-8,17H2. The van der Waals surface area contributed by atoms with Crippen LogP contribution >= 0.6 is 15.9 Å². The second-order valence-corrected chi connectivity index (χ2v) is 6.64. The van der Waals surface area contributed by atoms with Crippen LogP contribution in [0.1, 0.15) is 55.2 Å². The first-order valence-electron chi connectivity index (χ1n) is 6.94. The second-order valence-electron chi connectivity index (χ2n) is 5.79. The van der Waals surface area contributed by atoms with E-state index in [4.69, 9.17) is 5.73 Å². The average Bonchev–Trinajstić information content (AvgIpc) is 2.78. The van der Waals surface area contributed by atoms with E-state index < -0.39 is 0 Å². The van der Waals surface area contributed by atoms with Crippen LogP contribution in [0.2, 0.25) is 0 Å². The molecule has 3 heteroatoms. The van der Waals surface area contributed by atoms with Crippen molar-refractivity contribution in [1.82, 2.24) is 0 Å². The molecule has 1 aromatic rings. The van der Waals surface area contributed by atoms with Gasteiger partial charge < -0.3 is 10.8 Å². The van der Waals surface area contributed by atoms with Crippen LogP contribution < -0.4 is 5.73 Å². The smallest absolute Gasteiger partial charge is 0.135 e. The lowest BCUT2D eigenvalue weighted by Gasteiger charge is -2.31. The maximum atomic E-state index is 10.5. The average molecular weight is 310 g/mol. The van der Waals surface area contributed by atoms with Crippen LogP contribution in [0.5, 0.6) is 5.75 Å². The summed E-state index contributed by atoms with van der Waals surface area (Å²) in [6.07, 6.45) is 9.03. The predicted octanol–water partition coefficient (Wildman–Crippen LogP) is 3.76. The van der Waals surface area contributed by atoms with Gasteiger partial charge in [-0.2, -0.15) is 0 Å². The molecule has 0 aliphatic heterocycles. The van der Waals surface area contributed by atoms with Gasteiger partial charge in [-0.05, 0) is 71.6 Å². The topological polar surface area (TPSA) is 46.2 Å². The number of fused-ring (bicyclic) bond motifs is 1. The van der Waals surface area contributed by atoms with Crippen LogP contribution in [0.4, 0.5) is 0 Å². The number of phenols is 1. The van der Waals surface area contributed by atoms with Gasteiger partial charge in [-0.25, -0.2) is 0 Å². The van der Waals surface area contributed by atoms with Crippen LogP contribution in [0.25, 0.3) is 0 Å². The van der Waals surface area contributed by atoms with Crippen LogP contribution in [-0.4, -0.2) is 5.11 Å². The molecule has 0 heterocycles. The summed E-state index contributed by atoms with van der Waals surface area (Å²) in [7, 11) is 0. The van der Waals surface area contributed by atoms with Gasteiger partial charge in [0, 0.05) is 11.1 Å². The predicted molar refractivity (Wildman–Crippen MR) is 76.8 cm³/mol. The minimum absolute atomic E-state index is 0.296. The maximum Gasteiger partial charge on any atom is 0.135 e. The molecule has 0 amide bonds. The van der Waals surface area contributed by atoms with E-state index in [0.29, 0.717) is 5.75 Å². The van der Waals surface area contributed by atoms with E-state index in [-0.39, 0.29) is 5.54 Å². The molecule has 1 saturated carbocycles. The summed E-state index contributed by atoms with van der Waals surface area (Å²) in [5.41, 5.74) is 10.1. The third-order valence-corrected chi connectivity index (χ3v) is 5.17. The lowest BCUT2D eigenvalue weighted by atomic mass is 9.79. The summed E-state index contributed by atoms with van der Waals surface area (Å²) in [5.74, 6) is 0.389. The molecule has 0 radical (unpaired) electrons. The first kappa shape index (κ1) is 12.5. The van der Waals surface area contributed by atoms with E-state index in [1.165, 1.54) is 36.8 Å². The highest BCUT2D eigenvalue weighted by molar-refractivity contribution is 9.10. The molecule has 0 atom stereocenters. The van der Waals surface area contributed by atoms with Crippen molar-refractivity contribution in [3.05, 3.63) is 27.2 Å². The molecule has 2 nitrogen and oxygen atoms in total. The first-order valence-corrected chi connectivity index (χ1v) is 7.74. The van der Waals surface area contributed by atoms with Gasteiger partial charge in [0.2, 0.25) is 0 Å². The van der Waals surface area contributed by atoms with Gasteiger partial charge in [0.05, 0.1) is 4.47 Å². The van der Waals surface area contributed by atoms with Gasteiger partial charge >= 0.3 is 0 Å². The van der Waals surface area contributed by atoms with Crippen molar-refractivity contribution >= 4 is 15.9 Å². The Balaban J connectivity index is 2.20. The number of nitrogens with two attached hydrogens (primary N) is 1. The molecule has 0 aromatic heterocycles. The number of benzene rings is 1. The van der Waals surface area contributed by atoms with Crippen molar-refractivity contribution < 1.29 is 5.11 Å². The Hall–Kier alpha value is -0.540. The summed E-state index contributed by atoms with van der Waals surface area (Å²) < 4.78 is 0.815. The molecule has 3 rings (SSSR count). The lowest BCUT2D eigenvalue weighted by molar-refractivity contribution is 0.401. The van der Waals surface area contributed by atoms with Gasteiger partial charge in [-0.1, -0.05) is 12.8 Å². The number of aryl methyl sites for hydroxylation is 1. The quantitative estimate of drug-likeness (QED) is 0.829. The largest absolute Gasteiger partial charge is 0.506 e. The van der Waals surface area contributed by atoms with Crippen molar-refractivity contribution in [3.8, 4) is 5.75 Å². The Morgan fingerprint density at radius 1 is 1.11 bits per heavy atom. The third-order valence-electron chi connectivity index (χ3n) is 4.57. The number of hydrogen-bond donors (Lipinski definition) is 2. The van der Waals surface area contributed by atoms with Crippen LogP contribution in [0.15, 0.2) is 10.5 Å². The molecular weight excluding hydrogens is 290 g/mol. The zero-order chi connectivity index (χ0) is 12.8. The highest BCUT2D eigenvalue weighted by atomic mass is 79.9. The Bertz CT molecular complexity index is 478. The monoisotopic (exact) mass is 309 g/mol. The molecule has 0 saturated heterocycles. The number of rotatable bonds is 1. The van der Waals surface area contributed by atoms with Crippen molar-refractivity contribution in [1.29, 1.82) is 0 Å². The Morgan fingerprint density at radius 2 is 1.78 bits per heavy atom. The summed E-state index contributed by atoms with van der Waals surface area (Å²) in [6.45, 7) is 0. The summed E-state index contributed by atoms with van der Waals surface area (Å²) in [4.78, 5) is 0. The summed E-state index contributed by atoms with van der Waals surface area (Å²) in [5, 5.41) is 10.5. The van der Waals surface area contributed by atoms with Gasteiger partial charge in [-0.3, -0.25) is 0 Å². The minimum Gasteiger partial charge on any atom is -0.506 e. The Kier molecular flexibility index (Phi) is 3.15. The third kappa shape index (κ3) is 1.88. The van der Waals surface area contributed by atoms with E-state index in [1.807, 2.05) is 0 Å². The fraction of sp³-hybridized carbons (Fsp3) is 0.600. The van der Waals surface area contributed by atoms with Crippen molar-refractivity contribution in [2.45, 2.75) is 56.9 Å². The molecule has 1 aromatic carbocycles. The molecule has 0 unspecified atom stereocenters. The van der Waals surface area contributed by atoms with Gasteiger partial charge in [0.1, 0.15) is 5.75 Å². The fourth-order valence-electron chi connectivity index (χ4n) is 3.65. The molecule has 2 aliphatic carbocycles. The zero-order valence-electron chi connectivity index (χ0n) is 10.6. The number of halogens is 1. The van der Waals surface area contributed by atoms with Crippen LogP contribution in [0, 0.1) is 0 Å². The SMILES string of the molecule is NC1(c2c(O)c(Br)cc3c2CCCC3)CCCC1. The van der Waals surface area contributed by atoms with Gasteiger partial charge in [0.15, 0.2) is 0 Å². The molecule has 3 N–H and O–H groups in total. The summed E-state index contributed by atoms with van der Waals surface area (Å²) >= 11 is 3.49. The van der Waals surface area contributed by atoms with Gasteiger partial charge in [-0.15, -0.1) is 0 Å². The molecule has 1 fully saturated rings. The molecule has 0 bridgehead atoms. The Morgan fingerprint density at radius 3 is 2.50 bits per heavy atom. The molecule has 2 aliphatic rings. The van der Waals surface area contributed by atoms with E-state index in [2.05, 4.69) is 22.0 Å². The van der Waals surface area contributed by atoms with Crippen LogP contribution in [-0.2, 0) is 18.4 Å². The van der Waals surface area contributed by atoms with Crippen molar-refractivity contribution in [2.75, 3.05) is 0 Å². The lowest BCUT2D eigenvalue weighted by Crippen LogP contribution is -2.35. The molecule has 0 spiro atoms. The van der Waals surface area contributed by atoms with E-state index in [0.717, 1.165) is 35.7 Å². The number of phenolic OH excluding ortho intramolecular Hbond substituents is 1. The van der Waals surface area contributed by atoms with E-state index in [1.54, 1.807) is 0 Å². The zero-order valence-corrected chi connectivity index (χ0v) is 12.2. The number of hydrogen-bond acceptors (Lipinski definition) is 2. The molecular formula is C15H20BrNO. The highest BCUT2D eigenvalue weighted by Gasteiger charge is 2.37. The van der Waals surface area contributed by atoms with Crippen molar-refractivity contribution in [2.24, 2.45) is 5.73 Å². The van der Waals surface area contributed by atoms with Crippen LogP contribution in [0.3, 0.4) is 0 Å².